The predicted molar refractivity (Wildman–Crippen MR) is 99.0 cm³/mol. The first-order valence-electron chi connectivity index (χ1n) is 8.61. The number of rotatable bonds is 4. The summed E-state index contributed by atoms with van der Waals surface area (Å²) in [5.74, 6) is 1.65. The van der Waals surface area contributed by atoms with Gasteiger partial charge in [0, 0.05) is 31.9 Å². The fourth-order valence-electron chi connectivity index (χ4n) is 2.92. The number of anilines is 3. The molecule has 0 saturated carbocycles. The molecule has 0 fully saturated rings. The van der Waals surface area contributed by atoms with Crippen molar-refractivity contribution in [1.82, 2.24) is 25.0 Å². The standard InChI is InChI=1S/C18H19N7O2/c1-3-14-22-17(27-24-14)13-8-20-18(23-16(13)19)21-12-5-4-10-7-15(26)25(2)9-11(10)6-12/h4-6,8H,3,7,9H2,1-2H3,(H3,19,20,21,23). The molecule has 1 aliphatic rings. The molecule has 0 bridgehead atoms. The molecule has 1 amide bonds. The summed E-state index contributed by atoms with van der Waals surface area (Å²) in [7, 11) is 1.80. The molecular formula is C18H19N7O2. The number of carbonyl (C=O) groups is 1. The van der Waals surface area contributed by atoms with Gasteiger partial charge in [-0.25, -0.2) is 4.98 Å². The van der Waals surface area contributed by atoms with Gasteiger partial charge in [-0.15, -0.1) is 0 Å². The molecule has 9 nitrogen and oxygen atoms in total. The molecule has 0 saturated heterocycles. The van der Waals surface area contributed by atoms with E-state index < -0.39 is 0 Å². The van der Waals surface area contributed by atoms with E-state index in [0.717, 1.165) is 16.8 Å². The zero-order valence-electron chi connectivity index (χ0n) is 15.1. The van der Waals surface area contributed by atoms with Crippen molar-refractivity contribution in [2.75, 3.05) is 18.1 Å². The van der Waals surface area contributed by atoms with Crippen LogP contribution in [0.25, 0.3) is 11.5 Å². The Labute approximate surface area is 155 Å². The second kappa shape index (κ2) is 6.67. The average molecular weight is 365 g/mol. The van der Waals surface area contributed by atoms with E-state index in [1.807, 2.05) is 25.1 Å². The average Bonchev–Trinajstić information content (AvgIpc) is 3.12. The highest BCUT2D eigenvalue weighted by molar-refractivity contribution is 5.81. The number of nitrogens with one attached hydrogen (secondary N) is 1. The molecular weight excluding hydrogens is 346 g/mol. The topological polar surface area (TPSA) is 123 Å². The number of benzene rings is 1. The van der Waals surface area contributed by atoms with E-state index in [9.17, 15) is 4.79 Å². The molecule has 0 atom stereocenters. The van der Waals surface area contributed by atoms with Crippen LogP contribution in [0.3, 0.4) is 0 Å². The molecule has 0 unspecified atom stereocenters. The van der Waals surface area contributed by atoms with Crippen molar-refractivity contribution >= 4 is 23.4 Å². The Morgan fingerprint density at radius 3 is 2.89 bits per heavy atom. The van der Waals surface area contributed by atoms with Crippen molar-refractivity contribution in [3.63, 3.8) is 0 Å². The van der Waals surface area contributed by atoms with Gasteiger partial charge in [0.2, 0.25) is 11.9 Å². The van der Waals surface area contributed by atoms with Crippen LogP contribution in [0.4, 0.5) is 17.5 Å². The lowest BCUT2D eigenvalue weighted by atomic mass is 9.99. The summed E-state index contributed by atoms with van der Waals surface area (Å²) < 4.78 is 5.19. The van der Waals surface area contributed by atoms with Gasteiger partial charge in [0.25, 0.3) is 5.89 Å². The van der Waals surface area contributed by atoms with Crippen LogP contribution in [0.15, 0.2) is 28.9 Å². The summed E-state index contributed by atoms with van der Waals surface area (Å²) in [4.78, 5) is 26.3. The van der Waals surface area contributed by atoms with Crippen LogP contribution in [0, 0.1) is 0 Å². The Bertz CT molecular complexity index is 1010. The van der Waals surface area contributed by atoms with Gasteiger partial charge in [-0.05, 0) is 23.3 Å². The molecule has 3 N–H and O–H groups in total. The van der Waals surface area contributed by atoms with Crippen molar-refractivity contribution in [1.29, 1.82) is 0 Å². The van der Waals surface area contributed by atoms with Gasteiger partial charge in [-0.3, -0.25) is 4.79 Å². The predicted octanol–water partition coefficient (Wildman–Crippen LogP) is 1.93. The molecule has 3 aromatic rings. The monoisotopic (exact) mass is 365 g/mol. The van der Waals surface area contributed by atoms with Crippen LogP contribution in [0.1, 0.15) is 23.9 Å². The molecule has 1 aliphatic heterocycles. The molecule has 9 heteroatoms. The highest BCUT2D eigenvalue weighted by Crippen LogP contribution is 2.26. The van der Waals surface area contributed by atoms with Gasteiger partial charge in [0.1, 0.15) is 11.4 Å². The van der Waals surface area contributed by atoms with Crippen molar-refractivity contribution < 1.29 is 9.32 Å². The number of amides is 1. The second-order valence-electron chi connectivity index (χ2n) is 6.40. The molecule has 1 aromatic carbocycles. The van der Waals surface area contributed by atoms with E-state index in [0.29, 0.717) is 42.6 Å². The number of carbonyl (C=O) groups excluding carboxylic acids is 1. The van der Waals surface area contributed by atoms with Crippen LogP contribution in [-0.4, -0.2) is 38.0 Å². The number of fused-ring (bicyclic) bond motifs is 1. The Hall–Kier alpha value is -3.49. The molecule has 27 heavy (non-hydrogen) atoms. The Morgan fingerprint density at radius 2 is 2.15 bits per heavy atom. The highest BCUT2D eigenvalue weighted by Gasteiger charge is 2.20. The third-order valence-electron chi connectivity index (χ3n) is 4.47. The van der Waals surface area contributed by atoms with Gasteiger partial charge in [0.15, 0.2) is 5.82 Å². The van der Waals surface area contributed by atoms with E-state index in [4.69, 9.17) is 10.3 Å². The van der Waals surface area contributed by atoms with E-state index in [1.54, 1.807) is 18.1 Å². The molecule has 0 spiro atoms. The fraction of sp³-hybridized carbons (Fsp3) is 0.278. The molecule has 138 valence electrons. The number of hydrogen-bond donors (Lipinski definition) is 2. The first kappa shape index (κ1) is 17.0. The number of nitrogen functional groups attached to an aromatic ring is 1. The summed E-state index contributed by atoms with van der Waals surface area (Å²) in [6.07, 6.45) is 2.65. The fourth-order valence-corrected chi connectivity index (χ4v) is 2.92. The van der Waals surface area contributed by atoms with Crippen molar-refractivity contribution in [2.24, 2.45) is 0 Å². The van der Waals surface area contributed by atoms with Gasteiger partial charge < -0.3 is 20.5 Å². The number of hydrogen-bond acceptors (Lipinski definition) is 8. The number of aromatic nitrogens is 4. The lowest BCUT2D eigenvalue weighted by molar-refractivity contribution is -0.130. The normalized spacial score (nSPS) is 13.6. The van der Waals surface area contributed by atoms with Gasteiger partial charge in [-0.2, -0.15) is 9.97 Å². The van der Waals surface area contributed by atoms with Crippen LogP contribution >= 0.6 is 0 Å². The number of nitrogens with zero attached hydrogens (tertiary/aromatic N) is 5. The zero-order chi connectivity index (χ0) is 19.0. The van der Waals surface area contributed by atoms with Crippen molar-refractivity contribution in [2.45, 2.75) is 26.3 Å². The van der Waals surface area contributed by atoms with Crippen LogP contribution in [0.5, 0.6) is 0 Å². The molecule has 0 aliphatic carbocycles. The van der Waals surface area contributed by atoms with E-state index >= 15 is 0 Å². The Morgan fingerprint density at radius 1 is 1.30 bits per heavy atom. The number of nitrogens with two attached hydrogens (primary N) is 1. The summed E-state index contributed by atoms with van der Waals surface area (Å²) >= 11 is 0. The van der Waals surface area contributed by atoms with Crippen LogP contribution < -0.4 is 11.1 Å². The van der Waals surface area contributed by atoms with Gasteiger partial charge in [0.05, 0.1) is 6.42 Å². The third-order valence-corrected chi connectivity index (χ3v) is 4.47. The maximum absolute atomic E-state index is 11.8. The minimum Gasteiger partial charge on any atom is -0.383 e. The van der Waals surface area contributed by atoms with Crippen molar-refractivity contribution in [3.05, 3.63) is 41.3 Å². The molecule has 3 heterocycles. The minimum atomic E-state index is 0.127. The van der Waals surface area contributed by atoms with Crippen LogP contribution in [0.2, 0.25) is 0 Å². The van der Waals surface area contributed by atoms with Crippen molar-refractivity contribution in [3.8, 4) is 11.5 Å². The van der Waals surface area contributed by atoms with Crippen LogP contribution in [-0.2, 0) is 24.2 Å². The highest BCUT2D eigenvalue weighted by atomic mass is 16.5. The van der Waals surface area contributed by atoms with Gasteiger partial charge in [-0.1, -0.05) is 18.1 Å². The van der Waals surface area contributed by atoms with E-state index in [2.05, 4.69) is 25.4 Å². The molecule has 2 aromatic heterocycles. The first-order valence-corrected chi connectivity index (χ1v) is 8.61. The SMILES string of the molecule is CCc1noc(-c2cnc(Nc3ccc4c(c3)CN(C)C(=O)C4)nc2N)n1. The molecule has 4 rings (SSSR count). The summed E-state index contributed by atoms with van der Waals surface area (Å²) in [5, 5.41) is 7.00. The maximum Gasteiger partial charge on any atom is 0.263 e. The lowest BCUT2D eigenvalue weighted by Crippen LogP contribution is -2.32. The number of likely N-dealkylation sites (N-methyl/N-ethyl adjacent to an activating group) is 1. The third kappa shape index (κ3) is 3.31. The zero-order valence-corrected chi connectivity index (χ0v) is 15.1. The quantitative estimate of drug-likeness (QED) is 0.719. The summed E-state index contributed by atoms with van der Waals surface area (Å²) in [6.45, 7) is 2.52. The van der Waals surface area contributed by atoms with E-state index in [-0.39, 0.29) is 11.7 Å². The van der Waals surface area contributed by atoms with Gasteiger partial charge >= 0.3 is 0 Å². The largest absolute Gasteiger partial charge is 0.383 e. The minimum absolute atomic E-state index is 0.127. The van der Waals surface area contributed by atoms with E-state index in [1.165, 1.54) is 0 Å². The lowest BCUT2D eigenvalue weighted by Gasteiger charge is -2.25. The smallest absolute Gasteiger partial charge is 0.263 e. The number of aryl methyl sites for hydroxylation is 1. The second-order valence-corrected chi connectivity index (χ2v) is 6.40. The Kier molecular flexibility index (Phi) is 4.19. The summed E-state index contributed by atoms with van der Waals surface area (Å²) in [5.41, 5.74) is 9.51. The first-order chi connectivity index (χ1) is 13.0. The molecule has 0 radical (unpaired) electrons. The Balaban J connectivity index is 1.56. The maximum atomic E-state index is 11.8. The summed E-state index contributed by atoms with van der Waals surface area (Å²) in [6, 6.07) is 5.85.